The van der Waals surface area contributed by atoms with Gasteiger partial charge in [-0.25, -0.2) is 28.9 Å². The number of aliphatic hydroxyl groups excluding tert-OH is 6. The van der Waals surface area contributed by atoms with Gasteiger partial charge in [-0.05, 0) is 53.8 Å². The summed E-state index contributed by atoms with van der Waals surface area (Å²) in [6.07, 6.45) is -11.6. The van der Waals surface area contributed by atoms with Crippen LogP contribution in [0.5, 0.6) is 0 Å². The molecule has 9 rings (SSSR count). The van der Waals surface area contributed by atoms with Crippen LogP contribution in [0.4, 0.5) is 22.0 Å². The first kappa shape index (κ1) is 48.4. The van der Waals surface area contributed by atoms with Gasteiger partial charge in [-0.2, -0.15) is 9.30 Å². The summed E-state index contributed by atoms with van der Waals surface area (Å²) in [5.74, 6) is -1.83. The number of benzene rings is 3. The third-order valence-electron chi connectivity index (χ3n) is 12.7. The van der Waals surface area contributed by atoms with E-state index in [-0.39, 0.29) is 34.9 Å². The van der Waals surface area contributed by atoms with Crippen LogP contribution in [-0.2, 0) is 32.0 Å². The summed E-state index contributed by atoms with van der Waals surface area (Å²) in [5.41, 5.74) is 8.73. The number of phosphoric ester groups is 2. The Labute approximate surface area is 391 Å². The Hall–Kier alpha value is -5.60. The number of aliphatic imine (C=N–C) groups is 1. The van der Waals surface area contributed by atoms with Gasteiger partial charge < -0.3 is 60.7 Å². The molecule has 0 aliphatic carbocycles. The lowest BCUT2D eigenvalue weighted by Gasteiger charge is -2.52. The van der Waals surface area contributed by atoms with Crippen molar-refractivity contribution in [2.24, 2.45) is 4.99 Å². The fraction of sp³-hybridized carbons (Fsp3) is 0.381. The van der Waals surface area contributed by atoms with Gasteiger partial charge in [0.1, 0.15) is 54.7 Å². The van der Waals surface area contributed by atoms with Gasteiger partial charge >= 0.3 is 21.7 Å². The standard InChI is InChI=1S/C42H47N9O16P2/c1-20-12-26-27(13-21(20)2)51-31(54)14-25(24-10-8-23(9-11-24)22-6-4-3-5-7-22)42(51)39(47-41(59)48-40(42)58)49(26)15-28(52)33(55)29(53)16-64-68(60,61)67-69(62,63)65-17-30-34(56)35(57)38(66-30)50-19-46-32-36(43)44-18-45-37(32)50/h3-13,18-19,25,28-31,33-35,38,52-57H,14-17H2,1-2H3,(H,60,61)(H,62,63)(H2,43,44,45)(H,48,58,59)/t25-,28-,29+,30+,31+,33-,34+,35+,38+,42-/m0/s1. The highest BCUT2D eigenvalue weighted by molar-refractivity contribution is 7.61. The maximum atomic E-state index is 14.5. The predicted molar refractivity (Wildman–Crippen MR) is 241 cm³/mol. The van der Waals surface area contributed by atoms with E-state index in [1.807, 2.05) is 61.5 Å². The smallest absolute Gasteiger partial charge is 0.388 e. The van der Waals surface area contributed by atoms with Crippen LogP contribution in [0.2, 0.25) is 0 Å². The molecule has 27 heteroatoms. The number of nitrogens with two attached hydrogens (primary N) is 1. The fourth-order valence-electron chi connectivity index (χ4n) is 9.27. The zero-order valence-electron chi connectivity index (χ0n) is 36.5. The van der Waals surface area contributed by atoms with Gasteiger partial charge in [0.05, 0.1) is 37.5 Å². The molecule has 11 N–H and O–H groups in total. The van der Waals surface area contributed by atoms with E-state index in [4.69, 9.17) is 19.5 Å². The number of β-amino-alcohol motifs (C(OH)–C–C–N with tert-alkyl or cyclic N) is 1. The number of imide groups is 1. The Kier molecular flexibility index (Phi) is 12.8. The molecule has 6 heterocycles. The molecule has 1 spiro atoms. The Bertz CT molecular complexity index is 2930. The number of aryl methyl sites for hydroxylation is 2. The molecule has 2 unspecified atom stereocenters. The van der Waals surface area contributed by atoms with Crippen LogP contribution < -0.4 is 20.9 Å². The number of fused-ring (bicyclic) bond motifs is 3. The van der Waals surface area contributed by atoms with Gasteiger partial charge in [0.25, 0.3) is 5.91 Å². The number of amides is 3. The normalized spacial score (nSPS) is 27.4. The molecule has 12 atom stereocenters. The average Bonchev–Trinajstić information content (AvgIpc) is 3.97. The minimum atomic E-state index is -5.63. The number of hydrogen-bond acceptors (Lipinski definition) is 20. The SMILES string of the molecule is Cc1cc2c(cc1C)N1[C@H](O)C[C@@H](c3ccc(-c4ccccc4)cc3)[C@]13C(=O)NC(=O)N=C3N2C[C@H](O)[C@H](O)[C@H](O)COP(=O)(O)OP(=O)(O)OC[C@H]1O[C@@H](n2cnc3c(N)ncnc32)[C@H](O)[C@@H]1O. The number of nitrogens with zero attached hydrogens (tertiary/aromatic N) is 7. The molecule has 2 saturated heterocycles. The second-order valence-corrected chi connectivity index (χ2v) is 20.0. The maximum absolute atomic E-state index is 14.5. The monoisotopic (exact) mass is 995 g/mol. The molecule has 2 aromatic heterocycles. The van der Waals surface area contributed by atoms with Crippen LogP contribution in [0.25, 0.3) is 22.3 Å². The first-order chi connectivity index (χ1) is 32.7. The van der Waals surface area contributed by atoms with Crippen molar-refractivity contribution in [1.29, 1.82) is 0 Å². The minimum absolute atomic E-state index is 0.00188. The Morgan fingerprint density at radius 1 is 0.884 bits per heavy atom. The molecule has 5 aromatic rings. The van der Waals surface area contributed by atoms with E-state index in [2.05, 4.69) is 29.6 Å². The van der Waals surface area contributed by atoms with E-state index in [0.717, 1.165) is 28.6 Å². The fourth-order valence-corrected chi connectivity index (χ4v) is 11.4. The van der Waals surface area contributed by atoms with Crippen LogP contribution in [0.15, 0.2) is 84.4 Å². The molecule has 0 bridgehead atoms. The van der Waals surface area contributed by atoms with E-state index < -0.39 is 108 Å². The lowest BCUT2D eigenvalue weighted by Crippen LogP contribution is -2.74. The third kappa shape index (κ3) is 8.74. The molecule has 366 valence electrons. The van der Waals surface area contributed by atoms with E-state index >= 15 is 0 Å². The second-order valence-electron chi connectivity index (χ2n) is 17.0. The summed E-state index contributed by atoms with van der Waals surface area (Å²) in [6.45, 7) is 0.690. The molecular weight excluding hydrogens is 948 g/mol. The number of aliphatic hydroxyl groups is 6. The second kappa shape index (κ2) is 18.3. The lowest BCUT2D eigenvalue weighted by molar-refractivity contribution is -0.123. The third-order valence-corrected chi connectivity index (χ3v) is 15.3. The molecule has 2 fully saturated rings. The van der Waals surface area contributed by atoms with Gasteiger partial charge in [0, 0.05) is 12.3 Å². The highest BCUT2D eigenvalue weighted by atomic mass is 31.3. The summed E-state index contributed by atoms with van der Waals surface area (Å²) in [5, 5.41) is 69.2. The van der Waals surface area contributed by atoms with Crippen molar-refractivity contribution >= 4 is 61.8 Å². The molecule has 4 aliphatic rings. The van der Waals surface area contributed by atoms with Crippen LogP contribution in [-0.4, -0.2) is 146 Å². The molecule has 3 aromatic carbocycles. The average molecular weight is 996 g/mol. The lowest BCUT2D eigenvalue weighted by atomic mass is 9.75. The number of carbonyl (C=O) groups excluding carboxylic acids is 2. The summed E-state index contributed by atoms with van der Waals surface area (Å²) in [7, 11) is -11.2. The minimum Gasteiger partial charge on any atom is -0.388 e. The number of carbonyl (C=O) groups is 2. The van der Waals surface area contributed by atoms with Crippen molar-refractivity contribution in [2.75, 3.05) is 35.3 Å². The number of ether oxygens (including phenoxy) is 1. The van der Waals surface area contributed by atoms with E-state index in [0.29, 0.717) is 11.3 Å². The van der Waals surface area contributed by atoms with Crippen molar-refractivity contribution < 1.29 is 77.2 Å². The van der Waals surface area contributed by atoms with Gasteiger partial charge in [0.15, 0.2) is 29.1 Å². The maximum Gasteiger partial charge on any atom is 0.481 e. The number of anilines is 3. The molecule has 69 heavy (non-hydrogen) atoms. The number of hydrogen-bond donors (Lipinski definition) is 10. The van der Waals surface area contributed by atoms with E-state index in [9.17, 15) is 59.1 Å². The number of nitrogens with one attached hydrogen (secondary N) is 1. The summed E-state index contributed by atoms with van der Waals surface area (Å²) in [6, 6.07) is 19.3. The van der Waals surface area contributed by atoms with Crippen LogP contribution in [0.1, 0.15) is 35.3 Å². The van der Waals surface area contributed by atoms with Crippen LogP contribution >= 0.6 is 15.6 Å². The molecule has 0 radical (unpaired) electrons. The van der Waals surface area contributed by atoms with Crippen molar-refractivity contribution in [3.8, 4) is 11.1 Å². The van der Waals surface area contributed by atoms with E-state index in [1.165, 1.54) is 20.7 Å². The topological polar surface area (TPSA) is 368 Å². The van der Waals surface area contributed by atoms with Crippen molar-refractivity contribution in [1.82, 2.24) is 24.8 Å². The zero-order chi connectivity index (χ0) is 49.3. The van der Waals surface area contributed by atoms with Crippen molar-refractivity contribution in [3.63, 3.8) is 0 Å². The van der Waals surface area contributed by atoms with Crippen molar-refractivity contribution in [2.45, 2.75) is 80.8 Å². The number of imidazole rings is 1. The van der Waals surface area contributed by atoms with Gasteiger partial charge in [-0.3, -0.25) is 23.7 Å². The molecule has 0 saturated carbocycles. The summed E-state index contributed by atoms with van der Waals surface area (Å²) < 4.78 is 46.4. The largest absolute Gasteiger partial charge is 0.481 e. The molecule has 4 aliphatic heterocycles. The van der Waals surface area contributed by atoms with Gasteiger partial charge in [-0.1, -0.05) is 54.6 Å². The summed E-state index contributed by atoms with van der Waals surface area (Å²) in [4.78, 5) is 67.3. The number of urea groups is 1. The number of phosphoric acid groups is 2. The Balaban J connectivity index is 0.894. The highest BCUT2D eigenvalue weighted by Gasteiger charge is 2.67. The van der Waals surface area contributed by atoms with Crippen molar-refractivity contribution in [3.05, 3.63) is 96.1 Å². The van der Waals surface area contributed by atoms with Gasteiger partial charge in [0.2, 0.25) is 0 Å². The number of nitrogen functional groups attached to an aromatic ring is 1. The van der Waals surface area contributed by atoms with Gasteiger partial charge in [-0.15, -0.1) is 0 Å². The zero-order valence-corrected chi connectivity index (χ0v) is 38.3. The highest BCUT2D eigenvalue weighted by Crippen LogP contribution is 2.61. The summed E-state index contributed by atoms with van der Waals surface area (Å²) >= 11 is 0. The first-order valence-electron chi connectivity index (χ1n) is 21.3. The Morgan fingerprint density at radius 2 is 1.55 bits per heavy atom. The van der Waals surface area contributed by atoms with Crippen LogP contribution in [0.3, 0.4) is 0 Å². The Morgan fingerprint density at radius 3 is 2.26 bits per heavy atom. The number of aromatic nitrogens is 4. The van der Waals surface area contributed by atoms with E-state index in [1.54, 1.807) is 19.1 Å². The number of amidine groups is 1. The molecule has 25 nitrogen and oxygen atoms in total. The molecular formula is C42H47N9O16P2. The predicted octanol–water partition coefficient (Wildman–Crippen LogP) is 0.864. The van der Waals surface area contributed by atoms with Crippen LogP contribution in [0, 0.1) is 13.8 Å². The molecule has 3 amide bonds. The quantitative estimate of drug-likeness (QED) is 0.0650. The number of rotatable bonds is 15. The first-order valence-corrected chi connectivity index (χ1v) is 24.3.